The minimum absolute atomic E-state index is 0.00175. The van der Waals surface area contributed by atoms with Crippen LogP contribution in [0.3, 0.4) is 0 Å². The van der Waals surface area contributed by atoms with Crippen LogP contribution in [0.1, 0.15) is 10.4 Å². The SMILES string of the molecule is O=C(Nc1ccc(OCC(F)(F)F)cc1)c1ccc(NS(=O)(=O)c2ccc(F)cc2)cc1. The maximum atomic E-state index is 13.0. The van der Waals surface area contributed by atoms with Gasteiger partial charge in [0.1, 0.15) is 11.6 Å². The molecule has 0 heterocycles. The van der Waals surface area contributed by atoms with Crippen molar-refractivity contribution in [2.24, 2.45) is 0 Å². The van der Waals surface area contributed by atoms with Gasteiger partial charge < -0.3 is 10.1 Å². The van der Waals surface area contributed by atoms with Crippen LogP contribution >= 0.6 is 0 Å². The summed E-state index contributed by atoms with van der Waals surface area (Å²) in [4.78, 5) is 12.2. The van der Waals surface area contributed by atoms with Crippen LogP contribution in [0, 0.1) is 5.82 Å². The second-order valence-corrected chi connectivity index (χ2v) is 8.20. The number of amides is 1. The summed E-state index contributed by atoms with van der Waals surface area (Å²) in [6.07, 6.45) is -4.45. The normalized spacial score (nSPS) is 11.6. The van der Waals surface area contributed by atoms with E-state index < -0.39 is 34.5 Å². The van der Waals surface area contributed by atoms with Gasteiger partial charge in [0.15, 0.2) is 6.61 Å². The molecule has 168 valence electrons. The number of ether oxygens (including phenoxy) is 1. The molecule has 0 bridgehead atoms. The number of nitrogens with one attached hydrogen (secondary N) is 2. The average Bonchev–Trinajstić information content (AvgIpc) is 2.73. The Balaban J connectivity index is 1.61. The molecule has 0 saturated carbocycles. The fraction of sp³-hybridized carbons (Fsp3) is 0.0952. The van der Waals surface area contributed by atoms with Crippen molar-refractivity contribution in [3.63, 3.8) is 0 Å². The molecule has 1 amide bonds. The molecule has 0 fully saturated rings. The number of anilines is 2. The van der Waals surface area contributed by atoms with Crippen molar-refractivity contribution >= 4 is 27.3 Å². The maximum Gasteiger partial charge on any atom is 0.422 e. The first-order valence-electron chi connectivity index (χ1n) is 9.01. The lowest BCUT2D eigenvalue weighted by molar-refractivity contribution is -0.153. The number of carbonyl (C=O) groups excluding carboxylic acids is 1. The molecule has 3 aromatic rings. The summed E-state index contributed by atoms with van der Waals surface area (Å²) >= 11 is 0. The number of sulfonamides is 1. The molecule has 0 radical (unpaired) electrons. The predicted molar refractivity (Wildman–Crippen MR) is 110 cm³/mol. The van der Waals surface area contributed by atoms with Crippen LogP contribution in [0.15, 0.2) is 77.7 Å². The van der Waals surface area contributed by atoms with E-state index >= 15 is 0 Å². The summed E-state index contributed by atoms with van der Waals surface area (Å²) in [6.45, 7) is -1.42. The van der Waals surface area contributed by atoms with Gasteiger partial charge in [0, 0.05) is 16.9 Å². The highest BCUT2D eigenvalue weighted by Gasteiger charge is 2.28. The van der Waals surface area contributed by atoms with Crippen molar-refractivity contribution in [2.45, 2.75) is 11.1 Å². The topological polar surface area (TPSA) is 84.5 Å². The van der Waals surface area contributed by atoms with Crippen molar-refractivity contribution in [2.75, 3.05) is 16.6 Å². The molecule has 0 aliphatic rings. The van der Waals surface area contributed by atoms with E-state index in [1.807, 2.05) is 0 Å². The molecule has 3 rings (SSSR count). The molecule has 32 heavy (non-hydrogen) atoms. The summed E-state index contributed by atoms with van der Waals surface area (Å²) in [5.41, 5.74) is 0.736. The third kappa shape index (κ3) is 6.45. The quantitative estimate of drug-likeness (QED) is 0.487. The minimum atomic E-state index is -4.45. The number of halogens is 4. The van der Waals surface area contributed by atoms with Crippen LogP contribution in [0.5, 0.6) is 5.75 Å². The van der Waals surface area contributed by atoms with E-state index in [4.69, 9.17) is 0 Å². The van der Waals surface area contributed by atoms with Gasteiger partial charge in [-0.2, -0.15) is 13.2 Å². The van der Waals surface area contributed by atoms with Gasteiger partial charge in [-0.25, -0.2) is 12.8 Å². The Morgan fingerprint density at radius 2 is 1.41 bits per heavy atom. The molecule has 0 aliphatic heterocycles. The number of hydrogen-bond acceptors (Lipinski definition) is 4. The fourth-order valence-electron chi connectivity index (χ4n) is 2.52. The highest BCUT2D eigenvalue weighted by Crippen LogP contribution is 2.21. The predicted octanol–water partition coefficient (Wildman–Crippen LogP) is 4.82. The standard InChI is InChI=1S/C21H16F4N2O4S/c22-15-3-11-19(12-4-15)32(29,30)27-17-5-1-14(2-6-17)20(28)26-16-7-9-18(10-8-16)31-13-21(23,24)25/h1-12,27H,13H2,(H,26,28). The van der Waals surface area contributed by atoms with Crippen molar-refractivity contribution in [1.82, 2.24) is 0 Å². The summed E-state index contributed by atoms with van der Waals surface area (Å²) in [7, 11) is -3.93. The van der Waals surface area contributed by atoms with E-state index in [0.717, 1.165) is 24.3 Å². The first-order valence-corrected chi connectivity index (χ1v) is 10.5. The molecule has 3 aromatic carbocycles. The van der Waals surface area contributed by atoms with Gasteiger partial charge in [-0.1, -0.05) is 0 Å². The molecule has 0 spiro atoms. The van der Waals surface area contributed by atoms with Crippen LogP contribution in [-0.2, 0) is 10.0 Å². The van der Waals surface area contributed by atoms with Gasteiger partial charge in [-0.3, -0.25) is 9.52 Å². The fourth-order valence-corrected chi connectivity index (χ4v) is 3.58. The lowest BCUT2D eigenvalue weighted by Crippen LogP contribution is -2.19. The number of benzene rings is 3. The summed E-state index contributed by atoms with van der Waals surface area (Å²) in [5.74, 6) is -1.08. The summed E-state index contributed by atoms with van der Waals surface area (Å²) in [6, 6.07) is 15.2. The Morgan fingerprint density at radius 1 is 0.844 bits per heavy atom. The molecular formula is C21H16F4N2O4S. The number of alkyl halides is 3. The van der Waals surface area contributed by atoms with Gasteiger partial charge in [0.25, 0.3) is 15.9 Å². The number of hydrogen-bond donors (Lipinski definition) is 2. The Kier molecular flexibility index (Phi) is 6.68. The third-order valence-corrected chi connectivity index (χ3v) is 5.44. The molecule has 2 N–H and O–H groups in total. The van der Waals surface area contributed by atoms with E-state index in [9.17, 15) is 30.8 Å². The lowest BCUT2D eigenvalue weighted by atomic mass is 10.2. The molecule has 0 saturated heterocycles. The van der Waals surface area contributed by atoms with E-state index in [0.29, 0.717) is 5.69 Å². The Hall–Kier alpha value is -3.60. The van der Waals surface area contributed by atoms with Gasteiger partial charge in [0.2, 0.25) is 0 Å². The largest absolute Gasteiger partial charge is 0.484 e. The van der Waals surface area contributed by atoms with E-state index in [1.165, 1.54) is 48.5 Å². The van der Waals surface area contributed by atoms with Gasteiger partial charge in [-0.05, 0) is 72.8 Å². The molecule has 0 unspecified atom stereocenters. The molecule has 0 aromatic heterocycles. The van der Waals surface area contributed by atoms with Gasteiger partial charge >= 0.3 is 6.18 Å². The first-order chi connectivity index (χ1) is 15.0. The molecule has 11 heteroatoms. The Bertz CT molecular complexity index is 1180. The van der Waals surface area contributed by atoms with Crippen LogP contribution < -0.4 is 14.8 Å². The lowest BCUT2D eigenvalue weighted by Gasteiger charge is -2.11. The first kappa shape index (κ1) is 23.1. The monoisotopic (exact) mass is 468 g/mol. The second kappa shape index (κ2) is 9.27. The van der Waals surface area contributed by atoms with E-state index in [2.05, 4.69) is 14.8 Å². The van der Waals surface area contributed by atoms with Crippen molar-refractivity contribution in [3.8, 4) is 5.75 Å². The number of rotatable bonds is 7. The Morgan fingerprint density at radius 3 is 1.97 bits per heavy atom. The van der Waals surface area contributed by atoms with Gasteiger partial charge in [0.05, 0.1) is 4.90 Å². The molecular weight excluding hydrogens is 452 g/mol. The van der Waals surface area contributed by atoms with Crippen molar-refractivity contribution in [1.29, 1.82) is 0 Å². The minimum Gasteiger partial charge on any atom is -0.484 e. The van der Waals surface area contributed by atoms with Crippen LogP contribution in [0.2, 0.25) is 0 Å². The third-order valence-electron chi connectivity index (χ3n) is 4.04. The smallest absolute Gasteiger partial charge is 0.422 e. The summed E-state index contributed by atoms with van der Waals surface area (Å²) in [5, 5.41) is 2.57. The second-order valence-electron chi connectivity index (χ2n) is 6.52. The van der Waals surface area contributed by atoms with Crippen LogP contribution in [-0.4, -0.2) is 27.1 Å². The zero-order chi connectivity index (χ0) is 23.4. The highest BCUT2D eigenvalue weighted by atomic mass is 32.2. The zero-order valence-corrected chi connectivity index (χ0v) is 17.0. The molecule has 0 atom stereocenters. The van der Waals surface area contributed by atoms with Crippen LogP contribution in [0.4, 0.5) is 28.9 Å². The maximum absolute atomic E-state index is 13.0. The number of carbonyl (C=O) groups is 1. The van der Waals surface area contributed by atoms with Crippen molar-refractivity contribution in [3.05, 3.63) is 84.2 Å². The molecule has 6 nitrogen and oxygen atoms in total. The Labute approximate surface area is 180 Å². The zero-order valence-electron chi connectivity index (χ0n) is 16.2. The summed E-state index contributed by atoms with van der Waals surface area (Å²) < 4.78 is 81.0. The average molecular weight is 468 g/mol. The van der Waals surface area contributed by atoms with Gasteiger partial charge in [-0.15, -0.1) is 0 Å². The van der Waals surface area contributed by atoms with Crippen LogP contribution in [0.25, 0.3) is 0 Å². The van der Waals surface area contributed by atoms with E-state index in [-0.39, 0.29) is 21.9 Å². The van der Waals surface area contributed by atoms with E-state index in [1.54, 1.807) is 0 Å². The highest BCUT2D eigenvalue weighted by molar-refractivity contribution is 7.92. The molecule has 0 aliphatic carbocycles. The van der Waals surface area contributed by atoms with Crippen molar-refractivity contribution < 1.29 is 35.5 Å².